The molecule has 88 valence electrons. The van der Waals surface area contributed by atoms with Crippen molar-refractivity contribution in [2.75, 3.05) is 0 Å². The number of ketones is 1. The van der Waals surface area contributed by atoms with Crippen molar-refractivity contribution in [2.24, 2.45) is 0 Å². The Morgan fingerprint density at radius 1 is 1.11 bits per heavy atom. The molecular formula is C15H12N2O. The van der Waals surface area contributed by atoms with Gasteiger partial charge in [0.25, 0.3) is 0 Å². The molecule has 0 aliphatic carbocycles. The van der Waals surface area contributed by atoms with E-state index in [0.29, 0.717) is 12.2 Å². The largest absolute Gasteiger partial charge is 0.348 e. The molecule has 3 nitrogen and oxygen atoms in total. The Morgan fingerprint density at radius 2 is 1.94 bits per heavy atom. The normalized spacial score (nSPS) is 10.7. The molecule has 1 heterocycles. The molecule has 0 saturated heterocycles. The first kappa shape index (κ1) is 10.7. The van der Waals surface area contributed by atoms with E-state index in [9.17, 15) is 4.79 Å². The van der Waals surface area contributed by atoms with E-state index in [0.717, 1.165) is 16.3 Å². The number of fused-ring (bicyclic) bond motifs is 1. The summed E-state index contributed by atoms with van der Waals surface area (Å²) in [5.74, 6) is 0.781. The summed E-state index contributed by atoms with van der Waals surface area (Å²) in [4.78, 5) is 19.1. The van der Waals surface area contributed by atoms with Gasteiger partial charge in [-0.2, -0.15) is 0 Å². The highest BCUT2D eigenvalue weighted by molar-refractivity contribution is 6.00. The number of nitrogens with one attached hydrogen (secondary N) is 1. The van der Waals surface area contributed by atoms with Crippen molar-refractivity contribution in [2.45, 2.75) is 6.42 Å². The third kappa shape index (κ3) is 2.02. The molecule has 1 N–H and O–H groups in total. The lowest BCUT2D eigenvalue weighted by atomic mass is 10.0. The van der Waals surface area contributed by atoms with Crippen LogP contribution in [0.3, 0.4) is 0 Å². The van der Waals surface area contributed by atoms with Crippen LogP contribution in [0.2, 0.25) is 0 Å². The molecule has 0 aliphatic heterocycles. The predicted molar refractivity (Wildman–Crippen MR) is 70.6 cm³/mol. The number of hydrogen-bond acceptors (Lipinski definition) is 2. The summed E-state index contributed by atoms with van der Waals surface area (Å²) in [6.07, 6.45) is 3.69. The van der Waals surface area contributed by atoms with Crippen LogP contribution in [0.1, 0.15) is 16.2 Å². The summed E-state index contributed by atoms with van der Waals surface area (Å²) in [6.45, 7) is 0. The summed E-state index contributed by atoms with van der Waals surface area (Å²) < 4.78 is 0. The standard InChI is InChI=1S/C15H12N2O/c18-14(10-15-16-7-8-17-15)13-6-5-11-3-1-2-4-12(11)9-13/h1-9H,10H2,(H,16,17). The number of hydrogen-bond donors (Lipinski definition) is 1. The van der Waals surface area contributed by atoms with Crippen LogP contribution in [0.4, 0.5) is 0 Å². The van der Waals surface area contributed by atoms with Gasteiger partial charge < -0.3 is 4.98 Å². The van der Waals surface area contributed by atoms with Gasteiger partial charge in [0, 0.05) is 18.0 Å². The van der Waals surface area contributed by atoms with Crippen molar-refractivity contribution in [3.63, 3.8) is 0 Å². The second-order valence-corrected chi connectivity index (χ2v) is 4.20. The van der Waals surface area contributed by atoms with Gasteiger partial charge in [-0.3, -0.25) is 4.79 Å². The fraction of sp³-hybridized carbons (Fsp3) is 0.0667. The first-order valence-corrected chi connectivity index (χ1v) is 5.83. The Morgan fingerprint density at radius 3 is 2.72 bits per heavy atom. The van der Waals surface area contributed by atoms with E-state index < -0.39 is 0 Å². The second-order valence-electron chi connectivity index (χ2n) is 4.20. The monoisotopic (exact) mass is 236 g/mol. The van der Waals surface area contributed by atoms with Gasteiger partial charge in [-0.15, -0.1) is 0 Å². The van der Waals surface area contributed by atoms with E-state index in [1.807, 2.05) is 42.5 Å². The van der Waals surface area contributed by atoms with Gasteiger partial charge in [0.2, 0.25) is 0 Å². The lowest BCUT2D eigenvalue weighted by Gasteiger charge is -2.02. The molecule has 0 saturated carbocycles. The number of rotatable bonds is 3. The van der Waals surface area contributed by atoms with Crippen LogP contribution >= 0.6 is 0 Å². The molecule has 3 aromatic rings. The molecule has 3 rings (SSSR count). The highest BCUT2D eigenvalue weighted by Gasteiger charge is 2.08. The van der Waals surface area contributed by atoms with Gasteiger partial charge >= 0.3 is 0 Å². The van der Waals surface area contributed by atoms with Crippen LogP contribution in [0.25, 0.3) is 10.8 Å². The van der Waals surface area contributed by atoms with Gasteiger partial charge in [-0.05, 0) is 16.8 Å². The molecule has 0 amide bonds. The van der Waals surface area contributed by atoms with Crippen LogP contribution in [0.15, 0.2) is 54.9 Å². The maximum absolute atomic E-state index is 12.1. The third-order valence-electron chi connectivity index (χ3n) is 2.95. The molecule has 1 aromatic heterocycles. The lowest BCUT2D eigenvalue weighted by Crippen LogP contribution is -2.04. The van der Waals surface area contributed by atoms with Crippen molar-refractivity contribution in [3.05, 3.63) is 66.2 Å². The molecule has 0 atom stereocenters. The average Bonchev–Trinajstić information content (AvgIpc) is 2.91. The molecule has 18 heavy (non-hydrogen) atoms. The molecule has 0 aliphatic rings. The second kappa shape index (κ2) is 4.45. The van der Waals surface area contributed by atoms with Crippen LogP contribution < -0.4 is 0 Å². The van der Waals surface area contributed by atoms with E-state index in [2.05, 4.69) is 9.97 Å². The molecule has 0 unspecified atom stereocenters. The van der Waals surface area contributed by atoms with E-state index in [1.165, 1.54) is 0 Å². The smallest absolute Gasteiger partial charge is 0.170 e. The maximum atomic E-state index is 12.1. The van der Waals surface area contributed by atoms with Gasteiger partial charge in [-0.1, -0.05) is 36.4 Å². The van der Waals surface area contributed by atoms with Crippen LogP contribution in [-0.2, 0) is 6.42 Å². The molecule has 0 fully saturated rings. The number of carbonyl (C=O) groups excluding carboxylic acids is 1. The summed E-state index contributed by atoms with van der Waals surface area (Å²) in [7, 11) is 0. The van der Waals surface area contributed by atoms with Crippen LogP contribution in [-0.4, -0.2) is 15.8 Å². The fourth-order valence-corrected chi connectivity index (χ4v) is 2.01. The minimum absolute atomic E-state index is 0.0794. The summed E-state index contributed by atoms with van der Waals surface area (Å²) in [5.41, 5.74) is 0.727. The van der Waals surface area contributed by atoms with Crippen molar-refractivity contribution < 1.29 is 4.79 Å². The number of aromatic amines is 1. The number of nitrogens with zero attached hydrogens (tertiary/aromatic N) is 1. The van der Waals surface area contributed by atoms with Gasteiger partial charge in [0.1, 0.15) is 5.82 Å². The lowest BCUT2D eigenvalue weighted by molar-refractivity contribution is 0.0991. The van der Waals surface area contributed by atoms with Crippen LogP contribution in [0, 0.1) is 0 Å². The van der Waals surface area contributed by atoms with Crippen molar-refractivity contribution in [1.29, 1.82) is 0 Å². The van der Waals surface area contributed by atoms with Crippen molar-refractivity contribution in [1.82, 2.24) is 9.97 Å². The van der Waals surface area contributed by atoms with E-state index in [1.54, 1.807) is 12.4 Å². The molecule has 0 spiro atoms. The topological polar surface area (TPSA) is 45.8 Å². The Kier molecular flexibility index (Phi) is 2.65. The Labute approximate surface area is 104 Å². The number of imidazole rings is 1. The number of aromatic nitrogens is 2. The highest BCUT2D eigenvalue weighted by atomic mass is 16.1. The average molecular weight is 236 g/mol. The SMILES string of the molecule is O=C(Cc1ncc[nH]1)c1ccc2ccccc2c1. The van der Waals surface area contributed by atoms with Gasteiger partial charge in [-0.25, -0.2) is 4.98 Å². The molecule has 3 heteroatoms. The molecule has 2 aromatic carbocycles. The summed E-state index contributed by atoms with van der Waals surface area (Å²) in [5, 5.41) is 2.23. The quantitative estimate of drug-likeness (QED) is 0.710. The number of Topliss-reactive ketones (excluding diaryl/α,β-unsaturated/α-hetero) is 1. The van der Waals surface area contributed by atoms with E-state index in [-0.39, 0.29) is 5.78 Å². The molecule has 0 radical (unpaired) electrons. The minimum atomic E-state index is 0.0794. The summed E-state index contributed by atoms with van der Waals surface area (Å²) >= 11 is 0. The zero-order valence-electron chi connectivity index (χ0n) is 9.76. The van der Waals surface area contributed by atoms with Crippen LogP contribution in [0.5, 0.6) is 0 Å². The van der Waals surface area contributed by atoms with E-state index >= 15 is 0 Å². The molecule has 0 bridgehead atoms. The Balaban J connectivity index is 1.92. The fourth-order valence-electron chi connectivity index (χ4n) is 2.01. The Bertz CT molecular complexity index is 687. The number of carbonyl (C=O) groups is 1. The summed E-state index contributed by atoms with van der Waals surface area (Å²) in [6, 6.07) is 13.8. The highest BCUT2D eigenvalue weighted by Crippen LogP contribution is 2.16. The van der Waals surface area contributed by atoms with Crippen molar-refractivity contribution >= 4 is 16.6 Å². The Hall–Kier alpha value is -2.42. The number of H-pyrrole nitrogens is 1. The minimum Gasteiger partial charge on any atom is -0.348 e. The van der Waals surface area contributed by atoms with Gasteiger partial charge in [0.05, 0.1) is 6.42 Å². The third-order valence-corrected chi connectivity index (χ3v) is 2.95. The van der Waals surface area contributed by atoms with E-state index in [4.69, 9.17) is 0 Å². The zero-order chi connectivity index (χ0) is 12.4. The van der Waals surface area contributed by atoms with Gasteiger partial charge in [0.15, 0.2) is 5.78 Å². The maximum Gasteiger partial charge on any atom is 0.170 e. The first-order valence-electron chi connectivity index (χ1n) is 5.83. The van der Waals surface area contributed by atoms with Crippen molar-refractivity contribution in [3.8, 4) is 0 Å². The zero-order valence-corrected chi connectivity index (χ0v) is 9.76. The predicted octanol–water partition coefficient (Wildman–Crippen LogP) is 2.99. The number of benzene rings is 2. The first-order chi connectivity index (χ1) is 8.83. The molecular weight excluding hydrogens is 224 g/mol.